The summed E-state index contributed by atoms with van der Waals surface area (Å²) in [6.45, 7) is 8.15. The van der Waals surface area contributed by atoms with Crippen molar-refractivity contribution < 1.29 is 14.6 Å². The summed E-state index contributed by atoms with van der Waals surface area (Å²) in [5.41, 5.74) is 2.32. The zero-order valence-corrected chi connectivity index (χ0v) is 18.2. The first-order valence-corrected chi connectivity index (χ1v) is 11.1. The predicted octanol–water partition coefficient (Wildman–Crippen LogP) is 3.67. The van der Waals surface area contributed by atoms with Gasteiger partial charge in [-0.1, -0.05) is 42.5 Å². The minimum absolute atomic E-state index is 0.123. The van der Waals surface area contributed by atoms with Crippen LogP contribution in [0.15, 0.2) is 54.6 Å². The first kappa shape index (κ1) is 22.3. The van der Waals surface area contributed by atoms with E-state index in [-0.39, 0.29) is 18.4 Å². The van der Waals surface area contributed by atoms with Gasteiger partial charge < -0.3 is 19.6 Å². The molecule has 1 aliphatic heterocycles. The van der Waals surface area contributed by atoms with E-state index in [4.69, 9.17) is 4.74 Å². The smallest absolute Gasteiger partial charge is 0.225 e. The summed E-state index contributed by atoms with van der Waals surface area (Å²) in [6.07, 6.45) is 1.18. The van der Waals surface area contributed by atoms with Crippen molar-refractivity contribution in [2.75, 3.05) is 39.3 Å². The fraction of sp³-hybridized carbons (Fsp3) is 0.480. The molecular weight excluding hydrogens is 376 g/mol. The molecule has 162 valence electrons. The lowest BCUT2D eigenvalue weighted by Gasteiger charge is -2.34. The van der Waals surface area contributed by atoms with Gasteiger partial charge in [0, 0.05) is 25.6 Å². The van der Waals surface area contributed by atoms with Crippen LogP contribution in [0.25, 0.3) is 11.1 Å². The maximum absolute atomic E-state index is 12.5. The molecule has 2 aromatic carbocycles. The second-order valence-electron chi connectivity index (χ2n) is 7.94. The van der Waals surface area contributed by atoms with Gasteiger partial charge in [0.05, 0.1) is 0 Å². The summed E-state index contributed by atoms with van der Waals surface area (Å²) in [4.78, 5) is 16.7. The summed E-state index contributed by atoms with van der Waals surface area (Å²) < 4.78 is 5.78. The third-order valence-corrected chi connectivity index (χ3v) is 5.88. The van der Waals surface area contributed by atoms with Crippen LogP contribution in [0.1, 0.15) is 26.7 Å². The molecule has 0 aromatic heterocycles. The number of piperidine rings is 1. The van der Waals surface area contributed by atoms with Gasteiger partial charge in [0.15, 0.2) is 0 Å². The number of benzene rings is 2. The number of hydrogen-bond acceptors (Lipinski definition) is 4. The minimum atomic E-state index is -0.547. The van der Waals surface area contributed by atoms with Gasteiger partial charge >= 0.3 is 0 Å². The van der Waals surface area contributed by atoms with Crippen molar-refractivity contribution in [2.45, 2.75) is 32.8 Å². The highest BCUT2D eigenvalue weighted by Crippen LogP contribution is 2.23. The third-order valence-electron chi connectivity index (χ3n) is 5.88. The van der Waals surface area contributed by atoms with Crippen LogP contribution in [-0.2, 0) is 4.79 Å². The lowest BCUT2D eigenvalue weighted by molar-refractivity contribution is -0.136. The van der Waals surface area contributed by atoms with Gasteiger partial charge in [-0.3, -0.25) is 4.79 Å². The summed E-state index contributed by atoms with van der Waals surface area (Å²) >= 11 is 0. The topological polar surface area (TPSA) is 53.0 Å². The standard InChI is InChI=1S/C25H34N2O3/c1-3-27(4-2)25(29)22-14-16-26(17-15-22)18-23(28)19-30-24-12-10-21(11-13-24)20-8-6-5-7-9-20/h5-13,22-23,28H,3-4,14-19H2,1-2H3. The molecule has 1 fully saturated rings. The fourth-order valence-electron chi connectivity index (χ4n) is 4.07. The van der Waals surface area contributed by atoms with E-state index in [0.717, 1.165) is 50.3 Å². The second kappa shape index (κ2) is 11.1. The minimum Gasteiger partial charge on any atom is -0.491 e. The maximum atomic E-state index is 12.5. The number of aliphatic hydroxyl groups is 1. The van der Waals surface area contributed by atoms with Crippen LogP contribution >= 0.6 is 0 Å². The van der Waals surface area contributed by atoms with Crippen LogP contribution in [0.3, 0.4) is 0 Å². The van der Waals surface area contributed by atoms with Crippen LogP contribution in [0, 0.1) is 5.92 Å². The summed E-state index contributed by atoms with van der Waals surface area (Å²) in [6, 6.07) is 18.2. The Balaban J connectivity index is 1.40. The highest BCUT2D eigenvalue weighted by molar-refractivity contribution is 5.78. The molecule has 1 aliphatic rings. The van der Waals surface area contributed by atoms with Crippen molar-refractivity contribution in [3.63, 3.8) is 0 Å². The van der Waals surface area contributed by atoms with Crippen molar-refractivity contribution in [2.24, 2.45) is 5.92 Å². The molecule has 1 unspecified atom stereocenters. The van der Waals surface area contributed by atoms with Crippen LogP contribution < -0.4 is 4.74 Å². The number of carbonyl (C=O) groups excluding carboxylic acids is 1. The number of aliphatic hydroxyl groups excluding tert-OH is 1. The number of likely N-dealkylation sites (tertiary alicyclic amines) is 1. The fourth-order valence-corrected chi connectivity index (χ4v) is 4.07. The Hall–Kier alpha value is -2.37. The Morgan fingerprint density at radius 2 is 1.63 bits per heavy atom. The molecule has 1 atom stereocenters. The Kier molecular flexibility index (Phi) is 8.29. The Morgan fingerprint density at radius 3 is 2.23 bits per heavy atom. The lowest BCUT2D eigenvalue weighted by atomic mass is 9.95. The van der Waals surface area contributed by atoms with Gasteiger partial charge in [-0.25, -0.2) is 0 Å². The van der Waals surface area contributed by atoms with E-state index in [2.05, 4.69) is 17.0 Å². The molecule has 5 nitrogen and oxygen atoms in total. The number of ether oxygens (including phenoxy) is 1. The number of β-amino-alcohol motifs (C(OH)–C–C–N with tert-alkyl or cyclic N) is 1. The van der Waals surface area contributed by atoms with Crippen LogP contribution in [0.2, 0.25) is 0 Å². The Morgan fingerprint density at radius 1 is 1.03 bits per heavy atom. The number of rotatable bonds is 9. The predicted molar refractivity (Wildman–Crippen MR) is 120 cm³/mol. The first-order chi connectivity index (χ1) is 14.6. The molecule has 1 saturated heterocycles. The molecule has 1 N–H and O–H groups in total. The molecule has 0 spiro atoms. The van der Waals surface area contributed by atoms with Crippen LogP contribution in [0.5, 0.6) is 5.75 Å². The van der Waals surface area contributed by atoms with Gasteiger partial charge in [-0.15, -0.1) is 0 Å². The van der Waals surface area contributed by atoms with E-state index >= 15 is 0 Å². The van der Waals surface area contributed by atoms with E-state index in [0.29, 0.717) is 6.54 Å². The number of hydrogen-bond donors (Lipinski definition) is 1. The zero-order chi connectivity index (χ0) is 21.3. The van der Waals surface area contributed by atoms with E-state index in [1.54, 1.807) is 0 Å². The lowest BCUT2D eigenvalue weighted by Crippen LogP contribution is -2.45. The quantitative estimate of drug-likeness (QED) is 0.685. The van der Waals surface area contributed by atoms with Crippen molar-refractivity contribution in [1.29, 1.82) is 0 Å². The summed E-state index contributed by atoms with van der Waals surface area (Å²) in [5, 5.41) is 10.4. The zero-order valence-electron chi connectivity index (χ0n) is 18.2. The highest BCUT2D eigenvalue weighted by Gasteiger charge is 2.28. The second-order valence-corrected chi connectivity index (χ2v) is 7.94. The normalized spacial score (nSPS) is 16.2. The van der Waals surface area contributed by atoms with Crippen molar-refractivity contribution in [3.05, 3.63) is 54.6 Å². The molecule has 0 radical (unpaired) electrons. The SMILES string of the molecule is CCN(CC)C(=O)C1CCN(CC(O)COc2ccc(-c3ccccc3)cc2)CC1. The molecule has 30 heavy (non-hydrogen) atoms. The maximum Gasteiger partial charge on any atom is 0.225 e. The molecule has 1 heterocycles. The van der Waals surface area contributed by atoms with Crippen molar-refractivity contribution in [1.82, 2.24) is 9.80 Å². The van der Waals surface area contributed by atoms with Gasteiger partial charge in [0.2, 0.25) is 5.91 Å². The van der Waals surface area contributed by atoms with Gasteiger partial charge in [0.25, 0.3) is 0 Å². The van der Waals surface area contributed by atoms with E-state index in [1.807, 2.05) is 61.2 Å². The third kappa shape index (κ3) is 6.07. The molecule has 0 aliphatic carbocycles. The summed E-state index contributed by atoms with van der Waals surface area (Å²) in [5.74, 6) is 1.16. The molecular formula is C25H34N2O3. The number of nitrogens with zero attached hydrogens (tertiary/aromatic N) is 2. The number of amides is 1. The molecule has 5 heteroatoms. The largest absolute Gasteiger partial charge is 0.491 e. The Bertz CT molecular complexity index is 767. The van der Waals surface area contributed by atoms with Crippen LogP contribution in [-0.4, -0.2) is 66.2 Å². The average molecular weight is 411 g/mol. The van der Waals surface area contributed by atoms with E-state index in [1.165, 1.54) is 5.56 Å². The molecule has 0 bridgehead atoms. The van der Waals surface area contributed by atoms with E-state index < -0.39 is 6.10 Å². The van der Waals surface area contributed by atoms with E-state index in [9.17, 15) is 9.90 Å². The monoisotopic (exact) mass is 410 g/mol. The van der Waals surface area contributed by atoms with Gasteiger partial charge in [0.1, 0.15) is 18.5 Å². The first-order valence-electron chi connectivity index (χ1n) is 11.1. The van der Waals surface area contributed by atoms with Crippen molar-refractivity contribution >= 4 is 5.91 Å². The molecule has 3 rings (SSSR count). The molecule has 0 saturated carbocycles. The van der Waals surface area contributed by atoms with Crippen LogP contribution in [0.4, 0.5) is 0 Å². The average Bonchev–Trinajstić information content (AvgIpc) is 2.80. The van der Waals surface area contributed by atoms with Crippen molar-refractivity contribution in [3.8, 4) is 16.9 Å². The van der Waals surface area contributed by atoms with Gasteiger partial charge in [-0.05, 0) is 63.0 Å². The Labute approximate surface area is 180 Å². The number of carbonyl (C=O) groups is 1. The molecule has 2 aromatic rings. The molecule has 1 amide bonds. The highest BCUT2D eigenvalue weighted by atomic mass is 16.5. The summed E-state index contributed by atoms with van der Waals surface area (Å²) in [7, 11) is 0. The van der Waals surface area contributed by atoms with Gasteiger partial charge in [-0.2, -0.15) is 0 Å².